The Kier molecular flexibility index (Phi) is 5.26. The molecule has 2 aliphatic heterocycles. The molecule has 1 saturated heterocycles. The zero-order valence-corrected chi connectivity index (χ0v) is 17.5. The van der Waals surface area contributed by atoms with Crippen LogP contribution in [-0.2, 0) is 6.54 Å². The van der Waals surface area contributed by atoms with Crippen LogP contribution >= 0.6 is 0 Å². The van der Waals surface area contributed by atoms with Gasteiger partial charge in [0.15, 0.2) is 17.3 Å². The van der Waals surface area contributed by atoms with E-state index in [4.69, 9.17) is 9.47 Å². The van der Waals surface area contributed by atoms with E-state index in [0.29, 0.717) is 30.2 Å². The van der Waals surface area contributed by atoms with E-state index in [2.05, 4.69) is 20.9 Å². The molecule has 0 saturated carbocycles. The van der Waals surface area contributed by atoms with Crippen LogP contribution in [0.25, 0.3) is 11.4 Å². The third-order valence-corrected chi connectivity index (χ3v) is 5.74. The van der Waals surface area contributed by atoms with Crippen molar-refractivity contribution in [3.05, 3.63) is 71.5 Å². The number of piperazine rings is 1. The highest BCUT2D eigenvalue weighted by atomic mass is 16.7. The van der Waals surface area contributed by atoms with Crippen LogP contribution in [-0.4, -0.2) is 58.6 Å². The number of rotatable bonds is 4. The molecule has 0 unspecified atom stereocenters. The number of aryl methyl sites for hydroxylation is 1. The summed E-state index contributed by atoms with van der Waals surface area (Å²) in [5.41, 5.74) is 3.41. The van der Waals surface area contributed by atoms with E-state index in [1.807, 2.05) is 54.3 Å². The SMILES string of the molecule is Cc1nc(-c2ccccc2)ncc1C(=O)N1CCN(Cc2ccc3c(c2)OCO3)CC1. The minimum Gasteiger partial charge on any atom is -0.454 e. The predicted octanol–water partition coefficient (Wildman–Crippen LogP) is 3.14. The van der Waals surface area contributed by atoms with Crippen LogP contribution in [0.15, 0.2) is 54.7 Å². The van der Waals surface area contributed by atoms with Crippen LogP contribution in [0.4, 0.5) is 0 Å². The molecular formula is C24H24N4O3. The first-order valence-electron chi connectivity index (χ1n) is 10.5. The molecule has 31 heavy (non-hydrogen) atoms. The van der Waals surface area contributed by atoms with Gasteiger partial charge in [0.25, 0.3) is 5.91 Å². The van der Waals surface area contributed by atoms with Gasteiger partial charge in [-0.25, -0.2) is 9.97 Å². The van der Waals surface area contributed by atoms with Crippen LogP contribution in [0, 0.1) is 6.92 Å². The Labute approximate surface area is 181 Å². The Morgan fingerprint density at radius 3 is 2.55 bits per heavy atom. The van der Waals surface area contributed by atoms with Crippen LogP contribution in [0.1, 0.15) is 21.6 Å². The second-order valence-electron chi connectivity index (χ2n) is 7.81. The van der Waals surface area contributed by atoms with Gasteiger partial charge in [-0.05, 0) is 24.6 Å². The fourth-order valence-corrected chi connectivity index (χ4v) is 3.98. The van der Waals surface area contributed by atoms with Crippen LogP contribution in [0.3, 0.4) is 0 Å². The molecule has 2 aliphatic rings. The summed E-state index contributed by atoms with van der Waals surface area (Å²) in [5.74, 6) is 2.25. The normalized spacial score (nSPS) is 15.8. The van der Waals surface area contributed by atoms with Gasteiger partial charge >= 0.3 is 0 Å². The quantitative estimate of drug-likeness (QED) is 0.651. The highest BCUT2D eigenvalue weighted by Crippen LogP contribution is 2.32. The number of hydrogen-bond donors (Lipinski definition) is 0. The number of amides is 1. The number of aromatic nitrogens is 2. The van der Waals surface area contributed by atoms with Gasteiger partial charge in [0.2, 0.25) is 6.79 Å². The average Bonchev–Trinajstić information content (AvgIpc) is 3.28. The molecule has 2 aromatic carbocycles. The maximum Gasteiger partial charge on any atom is 0.257 e. The molecule has 7 heteroatoms. The summed E-state index contributed by atoms with van der Waals surface area (Å²) in [6.07, 6.45) is 1.66. The van der Waals surface area contributed by atoms with Crippen molar-refractivity contribution in [1.82, 2.24) is 19.8 Å². The Morgan fingerprint density at radius 1 is 1.00 bits per heavy atom. The lowest BCUT2D eigenvalue weighted by Gasteiger charge is -2.35. The predicted molar refractivity (Wildman–Crippen MR) is 116 cm³/mol. The highest BCUT2D eigenvalue weighted by Gasteiger charge is 2.24. The second kappa shape index (κ2) is 8.35. The first-order valence-corrected chi connectivity index (χ1v) is 10.5. The van der Waals surface area contributed by atoms with Crippen LogP contribution in [0.5, 0.6) is 11.5 Å². The van der Waals surface area contributed by atoms with Gasteiger partial charge in [0, 0.05) is 44.5 Å². The molecular weight excluding hydrogens is 392 g/mol. The minimum absolute atomic E-state index is 0.000147. The molecule has 1 fully saturated rings. The van der Waals surface area contributed by atoms with Gasteiger partial charge < -0.3 is 14.4 Å². The molecule has 3 aromatic rings. The standard InChI is InChI=1S/C24H24N4O3/c1-17-20(14-25-23(26-17)19-5-3-2-4-6-19)24(29)28-11-9-27(10-12-28)15-18-7-8-21-22(13-18)31-16-30-21/h2-8,13-14H,9-12,15-16H2,1H3. The van der Waals surface area contributed by atoms with Crippen molar-refractivity contribution in [3.8, 4) is 22.9 Å². The monoisotopic (exact) mass is 416 g/mol. The van der Waals surface area contributed by atoms with Crippen molar-refractivity contribution in [1.29, 1.82) is 0 Å². The van der Waals surface area contributed by atoms with Gasteiger partial charge in [-0.15, -0.1) is 0 Å². The van der Waals surface area contributed by atoms with E-state index < -0.39 is 0 Å². The third-order valence-electron chi connectivity index (χ3n) is 5.74. The Hall–Kier alpha value is -3.45. The van der Waals surface area contributed by atoms with E-state index >= 15 is 0 Å². The van der Waals surface area contributed by atoms with Crippen molar-refractivity contribution in [2.75, 3.05) is 33.0 Å². The molecule has 7 nitrogen and oxygen atoms in total. The molecule has 0 bridgehead atoms. The van der Waals surface area contributed by atoms with E-state index in [0.717, 1.165) is 36.7 Å². The van der Waals surface area contributed by atoms with Gasteiger partial charge in [-0.3, -0.25) is 9.69 Å². The average molecular weight is 416 g/mol. The van der Waals surface area contributed by atoms with Gasteiger partial charge in [-0.1, -0.05) is 36.4 Å². The Bertz CT molecular complexity index is 1100. The van der Waals surface area contributed by atoms with Gasteiger partial charge in [-0.2, -0.15) is 0 Å². The fourth-order valence-electron chi connectivity index (χ4n) is 3.98. The number of ether oxygens (including phenoxy) is 2. The largest absolute Gasteiger partial charge is 0.454 e. The molecule has 0 atom stereocenters. The molecule has 0 aliphatic carbocycles. The maximum atomic E-state index is 13.1. The molecule has 158 valence electrons. The van der Waals surface area contributed by atoms with Crippen molar-refractivity contribution < 1.29 is 14.3 Å². The molecule has 1 amide bonds. The summed E-state index contributed by atoms with van der Waals surface area (Å²) < 4.78 is 10.8. The van der Waals surface area contributed by atoms with Crippen molar-refractivity contribution in [2.24, 2.45) is 0 Å². The maximum absolute atomic E-state index is 13.1. The first-order chi connectivity index (χ1) is 15.2. The fraction of sp³-hybridized carbons (Fsp3) is 0.292. The molecule has 0 N–H and O–H groups in total. The van der Waals surface area contributed by atoms with Gasteiger partial charge in [0.1, 0.15) is 0 Å². The lowest BCUT2D eigenvalue weighted by Crippen LogP contribution is -2.48. The van der Waals surface area contributed by atoms with Crippen molar-refractivity contribution in [3.63, 3.8) is 0 Å². The Balaban J connectivity index is 1.21. The van der Waals surface area contributed by atoms with Gasteiger partial charge in [0.05, 0.1) is 11.3 Å². The lowest BCUT2D eigenvalue weighted by atomic mass is 10.1. The minimum atomic E-state index is -0.000147. The van der Waals surface area contributed by atoms with E-state index in [-0.39, 0.29) is 12.7 Å². The summed E-state index contributed by atoms with van der Waals surface area (Å²) in [7, 11) is 0. The number of hydrogen-bond acceptors (Lipinski definition) is 6. The zero-order chi connectivity index (χ0) is 21.2. The first kappa shape index (κ1) is 19.5. The smallest absolute Gasteiger partial charge is 0.257 e. The van der Waals surface area contributed by atoms with Crippen LogP contribution in [0.2, 0.25) is 0 Å². The molecule has 0 spiro atoms. The number of carbonyl (C=O) groups excluding carboxylic acids is 1. The lowest BCUT2D eigenvalue weighted by molar-refractivity contribution is 0.0627. The molecule has 3 heterocycles. The number of carbonyl (C=O) groups is 1. The molecule has 5 rings (SSSR count). The molecule has 1 aromatic heterocycles. The second-order valence-corrected chi connectivity index (χ2v) is 7.81. The van der Waals surface area contributed by atoms with Crippen molar-refractivity contribution in [2.45, 2.75) is 13.5 Å². The number of fused-ring (bicyclic) bond motifs is 1. The topological polar surface area (TPSA) is 67.8 Å². The van der Waals surface area contributed by atoms with E-state index in [1.165, 1.54) is 5.56 Å². The summed E-state index contributed by atoms with van der Waals surface area (Å²) >= 11 is 0. The summed E-state index contributed by atoms with van der Waals surface area (Å²) in [5, 5.41) is 0. The zero-order valence-electron chi connectivity index (χ0n) is 17.5. The number of benzene rings is 2. The number of nitrogens with zero attached hydrogens (tertiary/aromatic N) is 4. The highest BCUT2D eigenvalue weighted by molar-refractivity contribution is 5.95. The van der Waals surface area contributed by atoms with Crippen molar-refractivity contribution >= 4 is 5.91 Å². The summed E-state index contributed by atoms with van der Waals surface area (Å²) in [6, 6.07) is 15.9. The van der Waals surface area contributed by atoms with E-state index in [1.54, 1.807) is 6.20 Å². The van der Waals surface area contributed by atoms with E-state index in [9.17, 15) is 4.79 Å². The van der Waals surface area contributed by atoms with Crippen LogP contribution < -0.4 is 9.47 Å². The third kappa shape index (κ3) is 4.09. The summed E-state index contributed by atoms with van der Waals surface area (Å²) in [4.78, 5) is 26.3. The summed E-state index contributed by atoms with van der Waals surface area (Å²) in [6.45, 7) is 6.00. The Morgan fingerprint density at radius 2 is 1.77 bits per heavy atom. The molecule has 0 radical (unpaired) electrons.